The lowest BCUT2D eigenvalue weighted by atomic mass is 9.92. The van der Waals surface area contributed by atoms with E-state index < -0.39 is 0 Å². The normalized spacial score (nSPS) is 22.0. The van der Waals surface area contributed by atoms with E-state index >= 15 is 0 Å². The third kappa shape index (κ3) is 8.85. The molecule has 0 bridgehead atoms. The van der Waals surface area contributed by atoms with Crippen molar-refractivity contribution in [2.75, 3.05) is 79.9 Å². The first-order valence-corrected chi connectivity index (χ1v) is 11.1. The SMILES string of the molecule is CCC(CC)C(CNC(=NC)N1CCC(COCCOC)C1)N1CCOCC1.I. The monoisotopic (exact) mass is 526 g/mol. The van der Waals surface area contributed by atoms with Gasteiger partial charge < -0.3 is 24.4 Å². The standard InChI is InChI=1S/C21H42N4O3.HI/c1-5-19(6-2)20(24-9-11-27-12-10-24)15-23-21(22-3)25-8-7-18(16-25)17-28-14-13-26-4;/h18-20H,5-17H2,1-4H3,(H,22,23);1H. The highest BCUT2D eigenvalue weighted by molar-refractivity contribution is 14.0. The highest BCUT2D eigenvalue weighted by atomic mass is 127. The highest BCUT2D eigenvalue weighted by Gasteiger charge is 2.29. The predicted molar refractivity (Wildman–Crippen MR) is 129 cm³/mol. The number of likely N-dealkylation sites (tertiary alicyclic amines) is 1. The number of ether oxygens (including phenoxy) is 3. The molecule has 0 aliphatic carbocycles. The number of halogens is 1. The molecule has 0 radical (unpaired) electrons. The second-order valence-corrected chi connectivity index (χ2v) is 7.89. The van der Waals surface area contributed by atoms with Crippen molar-refractivity contribution in [1.29, 1.82) is 0 Å². The van der Waals surface area contributed by atoms with E-state index in [1.54, 1.807) is 7.11 Å². The lowest BCUT2D eigenvalue weighted by Crippen LogP contribution is -2.53. The van der Waals surface area contributed by atoms with Gasteiger partial charge in [0.25, 0.3) is 0 Å². The van der Waals surface area contributed by atoms with E-state index in [9.17, 15) is 0 Å². The van der Waals surface area contributed by atoms with E-state index in [1.807, 2.05) is 7.05 Å². The number of hydrogen-bond donors (Lipinski definition) is 1. The summed E-state index contributed by atoms with van der Waals surface area (Å²) in [5.74, 6) is 2.30. The summed E-state index contributed by atoms with van der Waals surface area (Å²) in [6, 6.07) is 0.534. The smallest absolute Gasteiger partial charge is 0.193 e. The molecule has 2 heterocycles. The Labute approximate surface area is 194 Å². The molecule has 172 valence electrons. The topological polar surface area (TPSA) is 58.6 Å². The van der Waals surface area contributed by atoms with Crippen LogP contribution in [0.1, 0.15) is 33.1 Å². The molecule has 7 nitrogen and oxygen atoms in total. The van der Waals surface area contributed by atoms with Gasteiger partial charge in [0.1, 0.15) is 0 Å². The molecule has 2 rings (SSSR count). The molecule has 0 aromatic rings. The van der Waals surface area contributed by atoms with Crippen LogP contribution in [0.4, 0.5) is 0 Å². The zero-order chi connectivity index (χ0) is 20.2. The molecule has 2 saturated heterocycles. The molecule has 2 fully saturated rings. The molecule has 2 aliphatic rings. The fourth-order valence-corrected chi connectivity index (χ4v) is 4.42. The summed E-state index contributed by atoms with van der Waals surface area (Å²) in [5, 5.41) is 3.69. The predicted octanol–water partition coefficient (Wildman–Crippen LogP) is 2.30. The van der Waals surface area contributed by atoms with Crippen LogP contribution in [0.25, 0.3) is 0 Å². The van der Waals surface area contributed by atoms with Crippen LogP contribution < -0.4 is 5.32 Å². The number of aliphatic imine (C=N–C) groups is 1. The summed E-state index contributed by atoms with van der Waals surface area (Å²) < 4.78 is 16.3. The second kappa shape index (κ2) is 15.6. The molecule has 0 amide bonds. The second-order valence-electron chi connectivity index (χ2n) is 7.89. The van der Waals surface area contributed by atoms with Crippen LogP contribution >= 0.6 is 24.0 Å². The minimum absolute atomic E-state index is 0. The van der Waals surface area contributed by atoms with E-state index in [2.05, 4.69) is 34.0 Å². The number of guanidine groups is 1. The van der Waals surface area contributed by atoms with Gasteiger partial charge in [0.2, 0.25) is 0 Å². The molecular formula is C21H43IN4O3. The fourth-order valence-electron chi connectivity index (χ4n) is 4.42. The van der Waals surface area contributed by atoms with Crippen molar-refractivity contribution < 1.29 is 14.2 Å². The molecule has 0 aromatic carbocycles. The molecule has 8 heteroatoms. The number of hydrogen-bond acceptors (Lipinski definition) is 5. The van der Waals surface area contributed by atoms with Crippen molar-refractivity contribution in [3.8, 4) is 0 Å². The zero-order valence-electron chi connectivity index (χ0n) is 18.9. The maximum absolute atomic E-state index is 5.73. The Morgan fingerprint density at radius 2 is 1.90 bits per heavy atom. The van der Waals surface area contributed by atoms with E-state index in [0.717, 1.165) is 64.9 Å². The molecule has 29 heavy (non-hydrogen) atoms. The number of nitrogens with one attached hydrogen (secondary N) is 1. The van der Waals surface area contributed by atoms with Gasteiger partial charge in [-0.3, -0.25) is 9.89 Å². The minimum atomic E-state index is 0. The van der Waals surface area contributed by atoms with Gasteiger partial charge in [0.15, 0.2) is 5.96 Å². The Balaban J connectivity index is 0.00000420. The summed E-state index contributed by atoms with van der Waals surface area (Å²) >= 11 is 0. The number of nitrogens with zero attached hydrogens (tertiary/aromatic N) is 3. The average molecular weight is 527 g/mol. The average Bonchev–Trinajstić information content (AvgIpc) is 3.20. The Bertz CT molecular complexity index is 446. The van der Waals surface area contributed by atoms with Crippen molar-refractivity contribution in [3.63, 3.8) is 0 Å². The molecule has 1 N–H and O–H groups in total. The summed E-state index contributed by atoms with van der Waals surface area (Å²) in [5.41, 5.74) is 0. The maximum atomic E-state index is 5.73. The molecule has 2 aliphatic heterocycles. The van der Waals surface area contributed by atoms with E-state index in [1.165, 1.54) is 12.8 Å². The van der Waals surface area contributed by atoms with Gasteiger partial charge in [-0.05, 0) is 12.3 Å². The van der Waals surface area contributed by atoms with Crippen LogP contribution in [0.5, 0.6) is 0 Å². The summed E-state index contributed by atoms with van der Waals surface area (Å²) in [4.78, 5) is 9.56. The van der Waals surface area contributed by atoms with Crippen LogP contribution in [0.15, 0.2) is 4.99 Å². The molecule has 0 aromatic heterocycles. The first-order valence-electron chi connectivity index (χ1n) is 11.1. The van der Waals surface area contributed by atoms with Gasteiger partial charge in [-0.2, -0.15) is 0 Å². The summed E-state index contributed by atoms with van der Waals surface area (Å²) in [7, 11) is 3.60. The number of methoxy groups -OCH3 is 1. The molecular weight excluding hydrogens is 483 g/mol. The Kier molecular flexibility index (Phi) is 14.5. The lowest BCUT2D eigenvalue weighted by Gasteiger charge is -2.39. The van der Waals surface area contributed by atoms with Crippen LogP contribution in [0, 0.1) is 11.8 Å². The van der Waals surface area contributed by atoms with Gasteiger partial charge in [-0.25, -0.2) is 0 Å². The lowest BCUT2D eigenvalue weighted by molar-refractivity contribution is 0.00260. The van der Waals surface area contributed by atoms with Gasteiger partial charge in [0, 0.05) is 58.8 Å². The van der Waals surface area contributed by atoms with Gasteiger partial charge in [-0.15, -0.1) is 24.0 Å². The Morgan fingerprint density at radius 1 is 1.17 bits per heavy atom. The number of rotatable bonds is 11. The van der Waals surface area contributed by atoms with Crippen molar-refractivity contribution in [2.24, 2.45) is 16.8 Å². The zero-order valence-corrected chi connectivity index (χ0v) is 21.2. The van der Waals surface area contributed by atoms with Crippen LogP contribution in [0.2, 0.25) is 0 Å². The summed E-state index contributed by atoms with van der Waals surface area (Å²) in [6.45, 7) is 13.5. The molecule has 0 saturated carbocycles. The highest BCUT2D eigenvalue weighted by Crippen LogP contribution is 2.20. The third-order valence-corrected chi connectivity index (χ3v) is 6.16. The minimum Gasteiger partial charge on any atom is -0.382 e. The third-order valence-electron chi connectivity index (χ3n) is 6.16. The quantitative estimate of drug-likeness (QED) is 0.193. The molecule has 2 atom stereocenters. The van der Waals surface area contributed by atoms with Gasteiger partial charge in [-0.1, -0.05) is 26.7 Å². The van der Waals surface area contributed by atoms with Crippen LogP contribution in [0.3, 0.4) is 0 Å². The van der Waals surface area contributed by atoms with Crippen molar-refractivity contribution in [1.82, 2.24) is 15.1 Å². The van der Waals surface area contributed by atoms with Crippen LogP contribution in [-0.2, 0) is 14.2 Å². The maximum Gasteiger partial charge on any atom is 0.193 e. The van der Waals surface area contributed by atoms with Crippen molar-refractivity contribution in [2.45, 2.75) is 39.2 Å². The van der Waals surface area contributed by atoms with Crippen molar-refractivity contribution in [3.05, 3.63) is 0 Å². The summed E-state index contributed by atoms with van der Waals surface area (Å²) in [6.07, 6.45) is 3.58. The van der Waals surface area contributed by atoms with Gasteiger partial charge in [0.05, 0.1) is 33.0 Å². The first-order chi connectivity index (χ1) is 13.7. The van der Waals surface area contributed by atoms with E-state index in [4.69, 9.17) is 14.2 Å². The number of morpholine rings is 1. The van der Waals surface area contributed by atoms with E-state index in [0.29, 0.717) is 31.1 Å². The Hall–Kier alpha value is -0.160. The Morgan fingerprint density at radius 3 is 2.52 bits per heavy atom. The van der Waals surface area contributed by atoms with Crippen molar-refractivity contribution >= 4 is 29.9 Å². The van der Waals surface area contributed by atoms with Gasteiger partial charge >= 0.3 is 0 Å². The molecule has 2 unspecified atom stereocenters. The molecule has 0 spiro atoms. The first kappa shape index (κ1) is 26.9. The van der Waals surface area contributed by atoms with E-state index in [-0.39, 0.29) is 24.0 Å². The fraction of sp³-hybridized carbons (Fsp3) is 0.952. The largest absolute Gasteiger partial charge is 0.382 e. The van der Waals surface area contributed by atoms with Crippen LogP contribution in [-0.4, -0.2) is 102 Å².